The van der Waals surface area contributed by atoms with Crippen LogP contribution >= 0.6 is 11.3 Å². The highest BCUT2D eigenvalue weighted by atomic mass is 32.1. The summed E-state index contributed by atoms with van der Waals surface area (Å²) in [5.41, 5.74) is 0.371. The first-order valence-corrected chi connectivity index (χ1v) is 10.5. The predicted octanol–water partition coefficient (Wildman–Crippen LogP) is 1.03. The minimum absolute atomic E-state index is 0.0206. The Balaban J connectivity index is 1.77. The number of methoxy groups -OCH3 is 1. The minimum Gasteiger partial charge on any atom is -0.868 e. The van der Waals surface area contributed by atoms with Crippen molar-refractivity contribution in [2.75, 3.05) is 34.3 Å². The van der Waals surface area contributed by atoms with Crippen molar-refractivity contribution in [3.63, 3.8) is 0 Å². The number of benzene rings is 1. The van der Waals surface area contributed by atoms with Crippen LogP contribution in [-0.2, 0) is 4.79 Å². The summed E-state index contributed by atoms with van der Waals surface area (Å²) in [4.78, 5) is 29.6. The van der Waals surface area contributed by atoms with Gasteiger partial charge in [0.25, 0.3) is 0 Å². The highest BCUT2D eigenvalue weighted by Crippen LogP contribution is 2.40. The fourth-order valence-corrected chi connectivity index (χ4v) is 4.47. The number of thiophene rings is 1. The molecule has 1 amide bonds. The van der Waals surface area contributed by atoms with Crippen LogP contribution < -0.4 is 14.7 Å². The van der Waals surface area contributed by atoms with E-state index in [1.165, 1.54) is 23.3 Å². The van der Waals surface area contributed by atoms with Crippen LogP contribution in [0.4, 0.5) is 0 Å². The lowest BCUT2D eigenvalue weighted by Gasteiger charge is -2.26. The molecular weight excluding hydrogens is 404 g/mol. The highest BCUT2D eigenvalue weighted by molar-refractivity contribution is 7.10. The molecule has 2 aromatic heterocycles. The molecule has 1 unspecified atom stereocenters. The van der Waals surface area contributed by atoms with E-state index in [4.69, 9.17) is 9.15 Å². The Morgan fingerprint density at radius 2 is 2.10 bits per heavy atom. The van der Waals surface area contributed by atoms with E-state index in [-0.39, 0.29) is 11.3 Å². The summed E-state index contributed by atoms with van der Waals surface area (Å²) >= 11 is 1.41. The van der Waals surface area contributed by atoms with Crippen molar-refractivity contribution in [2.24, 2.45) is 0 Å². The molecule has 8 heteroatoms. The van der Waals surface area contributed by atoms with E-state index >= 15 is 0 Å². The summed E-state index contributed by atoms with van der Waals surface area (Å²) in [7, 11) is 5.46. The zero-order chi connectivity index (χ0) is 21.4. The van der Waals surface area contributed by atoms with Crippen LogP contribution in [0.2, 0.25) is 0 Å². The molecule has 1 aliphatic rings. The zero-order valence-electron chi connectivity index (χ0n) is 16.9. The smallest absolute Gasteiger partial charge is 0.240 e. The standard InChI is InChI=1S/C22H22N2O5S/c1-23(2)9-10-24-18(16-8-5-11-30-16)17(20(26)22(24)27)19(25)15-12-13-6-4-7-14(28-3)21(13)29-15/h4-8,11-12,18,26H,9-10H2,1-3H3. The van der Waals surface area contributed by atoms with Gasteiger partial charge in [0, 0.05) is 15.8 Å². The monoisotopic (exact) mass is 426 g/mol. The number of nitrogens with zero attached hydrogens (tertiary/aromatic N) is 1. The molecule has 1 aliphatic heterocycles. The van der Waals surface area contributed by atoms with Gasteiger partial charge in [0.05, 0.1) is 40.3 Å². The van der Waals surface area contributed by atoms with E-state index < -0.39 is 23.5 Å². The number of para-hydroxylation sites is 1. The van der Waals surface area contributed by atoms with Crippen LogP contribution in [-0.4, -0.2) is 50.9 Å². The molecular formula is C22H22N2O5S. The number of furan rings is 1. The zero-order valence-corrected chi connectivity index (χ0v) is 17.7. The van der Waals surface area contributed by atoms with Crippen LogP contribution in [0.5, 0.6) is 5.75 Å². The molecule has 0 saturated carbocycles. The lowest BCUT2D eigenvalue weighted by molar-refractivity contribution is -0.857. The molecule has 0 radical (unpaired) electrons. The number of ether oxygens (including phenoxy) is 1. The summed E-state index contributed by atoms with van der Waals surface area (Å²) in [6.07, 6.45) is 0. The third kappa shape index (κ3) is 3.38. The van der Waals surface area contributed by atoms with Crippen LogP contribution in [0.1, 0.15) is 21.5 Å². The lowest BCUT2D eigenvalue weighted by atomic mass is 10.00. The van der Waals surface area contributed by atoms with Gasteiger partial charge in [0.2, 0.25) is 11.7 Å². The van der Waals surface area contributed by atoms with Gasteiger partial charge in [-0.05, 0) is 29.3 Å². The molecule has 1 aromatic carbocycles. The number of amides is 1. The molecule has 0 bridgehead atoms. The van der Waals surface area contributed by atoms with Crippen molar-refractivity contribution in [2.45, 2.75) is 6.04 Å². The molecule has 3 aromatic rings. The van der Waals surface area contributed by atoms with E-state index in [9.17, 15) is 14.7 Å². The highest BCUT2D eigenvalue weighted by Gasteiger charge is 2.41. The Hall–Kier alpha value is -3.10. The van der Waals surface area contributed by atoms with E-state index in [0.29, 0.717) is 29.8 Å². The van der Waals surface area contributed by atoms with Crippen molar-refractivity contribution >= 4 is 34.0 Å². The third-order valence-corrected chi connectivity index (χ3v) is 6.07. The Morgan fingerprint density at radius 3 is 2.77 bits per heavy atom. The molecule has 1 N–H and O–H groups in total. The number of Topliss-reactive ketones (excluding diaryl/α,β-unsaturated/α-hetero) is 1. The van der Waals surface area contributed by atoms with Gasteiger partial charge >= 0.3 is 0 Å². The largest absolute Gasteiger partial charge is 0.868 e. The number of ketones is 1. The Labute approximate surface area is 177 Å². The maximum atomic E-state index is 13.4. The summed E-state index contributed by atoms with van der Waals surface area (Å²) in [5.74, 6) is -1.46. The van der Waals surface area contributed by atoms with E-state index in [1.54, 1.807) is 24.3 Å². The Morgan fingerprint density at radius 1 is 1.30 bits per heavy atom. The first kappa shape index (κ1) is 20.2. The number of rotatable bonds is 7. The molecule has 1 atom stereocenters. The quantitative estimate of drug-likeness (QED) is 0.570. The van der Waals surface area contributed by atoms with Crippen molar-refractivity contribution in [3.8, 4) is 5.75 Å². The van der Waals surface area contributed by atoms with Gasteiger partial charge in [0.1, 0.15) is 0 Å². The summed E-state index contributed by atoms with van der Waals surface area (Å²) in [6, 6.07) is 9.89. The van der Waals surface area contributed by atoms with Crippen LogP contribution in [0.3, 0.4) is 0 Å². The molecule has 30 heavy (non-hydrogen) atoms. The summed E-state index contributed by atoms with van der Waals surface area (Å²) in [5, 5.41) is 15.5. The van der Waals surface area contributed by atoms with Gasteiger partial charge in [0.15, 0.2) is 17.1 Å². The van der Waals surface area contributed by atoms with E-state index in [1.807, 2.05) is 31.6 Å². The number of quaternary nitrogens is 1. The molecule has 0 spiro atoms. The maximum Gasteiger partial charge on any atom is 0.240 e. The van der Waals surface area contributed by atoms with Gasteiger partial charge in [-0.1, -0.05) is 18.2 Å². The predicted molar refractivity (Wildman–Crippen MR) is 111 cm³/mol. The van der Waals surface area contributed by atoms with Crippen molar-refractivity contribution in [1.29, 1.82) is 0 Å². The van der Waals surface area contributed by atoms with E-state index in [2.05, 4.69) is 0 Å². The molecule has 0 aliphatic carbocycles. The number of nitrogens with one attached hydrogen (secondary N) is 1. The number of hydrogen-bond acceptors (Lipinski definition) is 6. The number of likely N-dealkylation sites (N-methyl/N-ethyl adjacent to an activating group) is 1. The third-order valence-electron chi connectivity index (χ3n) is 5.15. The molecule has 4 rings (SSSR count). The summed E-state index contributed by atoms with van der Waals surface area (Å²) in [6.45, 7) is 1.03. The fraction of sp³-hybridized carbons (Fsp3) is 0.273. The topological polar surface area (TPSA) is 87.2 Å². The van der Waals surface area contributed by atoms with Crippen molar-refractivity contribution in [3.05, 3.63) is 63.7 Å². The Bertz CT molecular complexity index is 1130. The minimum atomic E-state index is -0.764. The normalized spacial score (nSPS) is 16.9. The van der Waals surface area contributed by atoms with Crippen molar-refractivity contribution in [1.82, 2.24) is 4.90 Å². The van der Waals surface area contributed by atoms with Gasteiger partial charge in [-0.15, -0.1) is 11.3 Å². The maximum absolute atomic E-state index is 13.4. The number of fused-ring (bicyclic) bond motifs is 1. The first-order valence-electron chi connectivity index (χ1n) is 9.58. The average molecular weight is 426 g/mol. The SMILES string of the molecule is COc1cccc2cc(C(=O)C3=C([O-])C(=O)N(CC[NH+](C)C)C3c3cccs3)oc12. The van der Waals surface area contributed by atoms with Crippen molar-refractivity contribution < 1.29 is 28.7 Å². The van der Waals surface area contributed by atoms with Crippen LogP contribution in [0, 0.1) is 0 Å². The van der Waals surface area contributed by atoms with E-state index in [0.717, 1.165) is 9.78 Å². The second-order valence-corrected chi connectivity index (χ2v) is 8.41. The second kappa shape index (κ2) is 7.97. The average Bonchev–Trinajstić information content (AvgIpc) is 3.45. The molecule has 7 nitrogen and oxygen atoms in total. The first-order chi connectivity index (χ1) is 14.4. The lowest BCUT2D eigenvalue weighted by Crippen LogP contribution is -3.06. The fourth-order valence-electron chi connectivity index (χ4n) is 3.63. The van der Waals surface area contributed by atoms with Gasteiger partial charge < -0.3 is 24.1 Å². The molecule has 0 fully saturated rings. The molecule has 0 saturated heterocycles. The molecule has 156 valence electrons. The van der Waals surface area contributed by atoms with Gasteiger partial charge in [-0.2, -0.15) is 0 Å². The van der Waals surface area contributed by atoms with Crippen LogP contribution in [0.15, 0.2) is 57.5 Å². The van der Waals surface area contributed by atoms with Gasteiger partial charge in [-0.3, -0.25) is 9.59 Å². The van der Waals surface area contributed by atoms with Gasteiger partial charge in [-0.25, -0.2) is 0 Å². The summed E-state index contributed by atoms with van der Waals surface area (Å²) < 4.78 is 11.1. The second-order valence-electron chi connectivity index (χ2n) is 7.43. The number of hydrogen-bond donors (Lipinski definition) is 1. The number of carbonyl (C=O) groups excluding carboxylic acids is 2. The van der Waals surface area contributed by atoms with Crippen LogP contribution in [0.25, 0.3) is 11.0 Å². The molecule has 3 heterocycles. The number of carbonyl (C=O) groups is 2. The Kier molecular flexibility index (Phi) is 5.36.